The number of hydrogen-bond acceptors (Lipinski definition) is 7. The van der Waals surface area contributed by atoms with Crippen molar-refractivity contribution in [3.8, 4) is 45.1 Å². The zero-order valence-electron chi connectivity index (χ0n) is 59.4. The van der Waals surface area contributed by atoms with E-state index in [0.717, 1.165) is 107 Å². The third-order valence-corrected chi connectivity index (χ3v) is 30.6. The highest BCUT2D eigenvalue weighted by Gasteiger charge is 2.38. The summed E-state index contributed by atoms with van der Waals surface area (Å²) in [4.78, 5) is 12.8. The van der Waals surface area contributed by atoms with E-state index in [0.29, 0.717) is 33.4 Å². The van der Waals surface area contributed by atoms with Gasteiger partial charge in [-0.1, -0.05) is 262 Å². The van der Waals surface area contributed by atoms with E-state index in [1.165, 1.54) is 47.1 Å². The summed E-state index contributed by atoms with van der Waals surface area (Å²) in [5.74, 6) is 1.42. The zero-order valence-corrected chi connectivity index (χ0v) is 64.4. The fourth-order valence-corrected chi connectivity index (χ4v) is 25.4. The largest absolute Gasteiger partial charge is 0.456 e. The van der Waals surface area contributed by atoms with Crippen molar-refractivity contribution in [3.63, 3.8) is 0 Å². The highest BCUT2D eigenvalue weighted by molar-refractivity contribution is 9.10. The molecule has 0 N–H and O–H groups in total. The number of para-hydroxylation sites is 6. The number of thiophene rings is 2. The second-order valence-electron chi connectivity index (χ2n) is 27.2. The lowest BCUT2D eigenvalue weighted by Crippen LogP contribution is -2.28. The van der Waals surface area contributed by atoms with E-state index in [2.05, 4.69) is 229 Å². The van der Waals surface area contributed by atoms with Gasteiger partial charge in [-0.15, -0.1) is 22.7 Å². The van der Waals surface area contributed by atoms with Crippen LogP contribution in [-0.2, 0) is 9.13 Å². The Hall–Kier alpha value is -12.1. The number of benzene rings is 16. The molecule has 0 spiro atoms. The maximum Gasteiger partial charge on any atom is 0.200 e. The Labute approximate surface area is 665 Å². The van der Waals surface area contributed by atoms with Crippen molar-refractivity contribution in [1.82, 2.24) is 9.13 Å². The third kappa shape index (κ3) is 12.0. The second-order valence-corrected chi connectivity index (χ2v) is 35.7. The van der Waals surface area contributed by atoms with Crippen LogP contribution in [-0.4, -0.2) is 24.6 Å². The van der Waals surface area contributed by atoms with Gasteiger partial charge < -0.3 is 27.4 Å². The molecule has 14 heteroatoms. The monoisotopic (exact) mass is 1580 g/mol. The molecule has 5 aromatic heterocycles. The highest BCUT2D eigenvalue weighted by atomic mass is 79.9. The van der Waals surface area contributed by atoms with Gasteiger partial charge >= 0.3 is 0 Å². The summed E-state index contributed by atoms with van der Waals surface area (Å²) in [6.07, 6.45) is 0. The molecular weight excluding hydrogens is 1510 g/mol. The number of hydrogen-bond donors (Lipinski definition) is 0. The van der Waals surface area contributed by atoms with Crippen molar-refractivity contribution in [1.29, 1.82) is 0 Å². The van der Waals surface area contributed by atoms with E-state index in [9.17, 15) is 9.36 Å². The van der Waals surface area contributed by atoms with Gasteiger partial charge in [0.1, 0.15) is 22.7 Å². The molecule has 16 aromatic carbocycles. The first-order chi connectivity index (χ1) is 54.6. The van der Waals surface area contributed by atoms with Gasteiger partial charge in [0.25, 0.3) is 0 Å². The van der Waals surface area contributed by atoms with Gasteiger partial charge in [-0.2, -0.15) is 0 Å². The summed E-state index contributed by atoms with van der Waals surface area (Å²) in [5.41, 5.74) is 11.3. The Kier molecular flexibility index (Phi) is 18.9. The molecule has 1 aliphatic rings. The number of nitrogens with zero attached hydrogens (tertiary/aromatic N) is 2. The summed E-state index contributed by atoms with van der Waals surface area (Å²) < 4.78 is 54.7. The van der Waals surface area contributed by atoms with Crippen molar-refractivity contribution in [2.45, 2.75) is 7.43 Å². The van der Waals surface area contributed by atoms with Crippen LogP contribution >= 0.6 is 52.9 Å². The molecule has 6 heterocycles. The van der Waals surface area contributed by atoms with Crippen LogP contribution in [0.5, 0.6) is 11.5 Å². The topological polar surface area (TPSA) is 83.4 Å². The quantitative estimate of drug-likeness (QED) is 0.0941. The molecule has 0 fully saturated rings. The molecule has 1 unspecified atom stereocenters. The minimum atomic E-state index is -3.50. The second kappa shape index (κ2) is 29.6. The summed E-state index contributed by atoms with van der Waals surface area (Å²) in [7, 11) is 1.50. The molecule has 7 nitrogen and oxygen atoms in total. The fraction of sp³-hybridized carbons (Fsp3) is 0.0102. The van der Waals surface area contributed by atoms with Crippen molar-refractivity contribution in [2.75, 3.05) is 0 Å². The molecule has 21 aromatic rings. The van der Waals surface area contributed by atoms with E-state index < -0.39 is 14.3 Å². The van der Waals surface area contributed by atoms with Crippen LogP contribution < -0.4 is 42.0 Å². The molecule has 0 saturated heterocycles. The Morgan fingerprint density at radius 2 is 0.768 bits per heavy atom. The van der Waals surface area contributed by atoms with Gasteiger partial charge in [0.2, 0.25) is 5.43 Å². The molecule has 1 aliphatic heterocycles. The molecule has 0 amide bonds. The Bertz CT molecular complexity index is 7270. The molecule has 4 radical (unpaired) electrons. The van der Waals surface area contributed by atoms with Gasteiger partial charge in [-0.25, -0.2) is 0 Å². The average Bonchev–Trinajstić information content (AvgIpc) is 0.994. The Balaban J connectivity index is 0.000000126. The van der Waals surface area contributed by atoms with Crippen LogP contribution in [0.2, 0.25) is 0 Å². The summed E-state index contributed by atoms with van der Waals surface area (Å²) in [6, 6.07) is 125. The predicted molar refractivity (Wildman–Crippen MR) is 483 cm³/mol. The first-order valence-corrected chi connectivity index (χ1v) is 42.2. The molecule has 22 rings (SSSR count). The molecule has 0 bridgehead atoms. The van der Waals surface area contributed by atoms with Gasteiger partial charge in [0.15, 0.2) is 14.3 Å². The molecule has 532 valence electrons. The van der Waals surface area contributed by atoms with Crippen LogP contribution in [0.3, 0.4) is 0 Å². The van der Waals surface area contributed by atoms with Gasteiger partial charge in [-0.05, 0) is 130 Å². The van der Waals surface area contributed by atoms with E-state index in [1.54, 1.807) is 22.7 Å². The molecule has 0 saturated carbocycles. The number of fused-ring (bicyclic) bond motifs is 20. The molecule has 0 aliphatic carbocycles. The summed E-state index contributed by atoms with van der Waals surface area (Å²) in [5, 5.41) is 15.8. The summed E-state index contributed by atoms with van der Waals surface area (Å²) in [6.45, 7) is 0. The molecule has 1 atom stereocenters. The normalized spacial score (nSPS) is 13.1. The lowest BCUT2D eigenvalue weighted by atomic mass is 9.81. The minimum absolute atomic E-state index is 0. The molecular formula is C98H65B2BrN2O5P2S2. The SMILES string of the molecule is C.O=P(c1ccccc1)(c1ccccc1)c1cc2sc3ccccc3c2cc1Br.O=P1(c2ccccc2)c2ccccc2-c2ccccc2Oc2cc(-n3c4ccccc4c4ccccc43)ccc2-c2cc3c(cc21)sc1ccccc13.O=c1c2ccccc2oc2cc(-n3c4ccccc4c4ccccc43)ccc12.[B][B]. The number of aromatic nitrogens is 2. The average molecular weight is 1580 g/mol. The molecule has 112 heavy (non-hydrogen) atoms. The number of halogens is 1. The van der Waals surface area contributed by atoms with Crippen LogP contribution in [0, 0.1) is 0 Å². The van der Waals surface area contributed by atoms with E-state index in [1.807, 2.05) is 182 Å². The van der Waals surface area contributed by atoms with Gasteiger partial charge in [0.05, 0.1) is 32.8 Å². The van der Waals surface area contributed by atoms with Gasteiger partial charge in [-0.3, -0.25) is 4.79 Å². The maximum atomic E-state index is 16.7. The number of rotatable bonds is 6. The summed E-state index contributed by atoms with van der Waals surface area (Å²) >= 11 is 7.25. The highest BCUT2D eigenvalue weighted by Crippen LogP contribution is 2.54. The third-order valence-electron chi connectivity index (χ3n) is 21.1. The fourth-order valence-electron chi connectivity index (χ4n) is 16.1. The van der Waals surface area contributed by atoms with Crippen molar-refractivity contribution in [2.24, 2.45) is 0 Å². The maximum absolute atomic E-state index is 16.7. The first-order valence-electron chi connectivity index (χ1n) is 36.4. The Morgan fingerprint density at radius 3 is 1.35 bits per heavy atom. The standard InChI is InChI=1S/C48H30NO2PS.C25H15NO2.C24H16BrOPS.CH4.B2/c50-52(32-14-2-1-3-15-32)45-24-12-7-19-37(45)35-18-6-11-23-43(35)51-44-28-31(49-41-21-9-4-16-33(41)34-17-5-10-22-42(34)49)26-27-36(44)39-29-40-38-20-8-13-25-47(38)53-48(40)30-46(39)52;27-25-19-9-3-6-12-23(19)28-24-15-16(13-14-20(24)25)26-21-10-4-1-7-17(21)18-8-2-5-11-22(18)26;25-21-15-20-19-13-7-8-14-23(19)28-24(20)16-22(21)27(26,17-9-3-1-4-10-17)18-11-5-2-6-12-18;;1-2/h1-30H;1-15H;1-16H;1H4;. The van der Waals surface area contributed by atoms with Crippen LogP contribution in [0.4, 0.5) is 0 Å². The Morgan fingerprint density at radius 1 is 0.339 bits per heavy atom. The lowest BCUT2D eigenvalue weighted by molar-refractivity contribution is 0.486. The van der Waals surface area contributed by atoms with Gasteiger partial charge in [0, 0.05) is 148 Å². The predicted octanol–water partition coefficient (Wildman–Crippen LogP) is 24.6. The zero-order chi connectivity index (χ0) is 74.9. The van der Waals surface area contributed by atoms with Crippen molar-refractivity contribution < 1.29 is 18.3 Å². The van der Waals surface area contributed by atoms with Crippen LogP contribution in [0.25, 0.3) is 140 Å². The van der Waals surface area contributed by atoms with E-state index in [4.69, 9.17) is 9.15 Å². The minimum Gasteiger partial charge on any atom is -0.456 e. The lowest BCUT2D eigenvalue weighted by Gasteiger charge is -2.28. The first kappa shape index (κ1) is 71.5. The smallest absolute Gasteiger partial charge is 0.200 e. The van der Waals surface area contributed by atoms with E-state index >= 15 is 4.57 Å². The van der Waals surface area contributed by atoms with Crippen LogP contribution in [0.15, 0.2) is 384 Å². The van der Waals surface area contributed by atoms with E-state index in [-0.39, 0.29) is 12.9 Å². The van der Waals surface area contributed by atoms with Crippen LogP contribution in [0.1, 0.15) is 7.43 Å². The van der Waals surface area contributed by atoms with Crippen molar-refractivity contribution >= 4 is 206 Å². The number of ether oxygens (including phenoxy) is 1. The van der Waals surface area contributed by atoms with Crippen molar-refractivity contribution in [3.05, 3.63) is 385 Å².